The van der Waals surface area contributed by atoms with Gasteiger partial charge in [-0.2, -0.15) is 0 Å². The monoisotopic (exact) mass is 188 g/mol. The summed E-state index contributed by atoms with van der Waals surface area (Å²) in [5.41, 5.74) is -0.555. The standard InChI is InChI=1S/C9H16O4/c1-5-12-7(10)6-8(11)13-9(2,3)4/h6,10H,5H2,1-4H3. The molecule has 0 saturated heterocycles. The van der Waals surface area contributed by atoms with E-state index in [0.29, 0.717) is 6.61 Å². The van der Waals surface area contributed by atoms with E-state index in [1.807, 2.05) is 0 Å². The Morgan fingerprint density at radius 2 is 2.00 bits per heavy atom. The maximum atomic E-state index is 11.0. The molecule has 0 aromatic carbocycles. The van der Waals surface area contributed by atoms with Crippen molar-refractivity contribution >= 4 is 5.97 Å². The van der Waals surface area contributed by atoms with Gasteiger partial charge in [0.1, 0.15) is 11.7 Å². The number of ether oxygens (including phenoxy) is 2. The molecule has 0 spiro atoms. The molecule has 0 atom stereocenters. The maximum Gasteiger partial charge on any atom is 0.338 e. The molecule has 0 radical (unpaired) electrons. The Morgan fingerprint density at radius 3 is 2.38 bits per heavy atom. The molecule has 0 aliphatic carbocycles. The summed E-state index contributed by atoms with van der Waals surface area (Å²) in [7, 11) is 0. The molecule has 0 aromatic heterocycles. The highest BCUT2D eigenvalue weighted by atomic mass is 16.6. The first-order valence-electron chi connectivity index (χ1n) is 4.11. The summed E-state index contributed by atoms with van der Waals surface area (Å²) in [6.07, 6.45) is 0.911. The van der Waals surface area contributed by atoms with Crippen molar-refractivity contribution in [2.75, 3.05) is 6.61 Å². The molecule has 4 heteroatoms. The maximum absolute atomic E-state index is 11.0. The van der Waals surface area contributed by atoms with Crippen molar-refractivity contribution < 1.29 is 19.4 Å². The molecule has 0 rings (SSSR count). The third kappa shape index (κ3) is 7.18. The van der Waals surface area contributed by atoms with Gasteiger partial charge in [0.2, 0.25) is 0 Å². The second kappa shape index (κ2) is 4.74. The zero-order valence-electron chi connectivity index (χ0n) is 8.46. The molecule has 0 heterocycles. The van der Waals surface area contributed by atoms with Gasteiger partial charge in [0.05, 0.1) is 6.61 Å². The van der Waals surface area contributed by atoms with Crippen LogP contribution >= 0.6 is 0 Å². The van der Waals surface area contributed by atoms with Crippen molar-refractivity contribution in [2.45, 2.75) is 33.3 Å². The molecule has 0 amide bonds. The van der Waals surface area contributed by atoms with Gasteiger partial charge in [0.15, 0.2) is 0 Å². The minimum absolute atomic E-state index is 0.311. The van der Waals surface area contributed by atoms with Gasteiger partial charge in [0, 0.05) is 0 Å². The van der Waals surface area contributed by atoms with Gasteiger partial charge in [-0.1, -0.05) is 0 Å². The van der Waals surface area contributed by atoms with Crippen molar-refractivity contribution in [1.29, 1.82) is 0 Å². The van der Waals surface area contributed by atoms with Gasteiger partial charge >= 0.3 is 5.97 Å². The van der Waals surface area contributed by atoms with Crippen LogP contribution in [0.25, 0.3) is 0 Å². The quantitative estimate of drug-likeness (QED) is 0.416. The Morgan fingerprint density at radius 1 is 1.46 bits per heavy atom. The summed E-state index contributed by atoms with van der Waals surface area (Å²) in [4.78, 5) is 11.0. The number of rotatable bonds is 3. The minimum atomic E-state index is -0.613. The molecule has 0 aliphatic heterocycles. The summed E-state index contributed by atoms with van der Waals surface area (Å²) in [6, 6.07) is 0. The van der Waals surface area contributed by atoms with E-state index in [2.05, 4.69) is 4.74 Å². The fourth-order valence-electron chi connectivity index (χ4n) is 0.622. The molecule has 1 N–H and O–H groups in total. The van der Waals surface area contributed by atoms with Crippen LogP contribution in [0.5, 0.6) is 0 Å². The van der Waals surface area contributed by atoms with Crippen molar-refractivity contribution in [3.8, 4) is 0 Å². The highest BCUT2D eigenvalue weighted by Gasteiger charge is 2.15. The van der Waals surface area contributed by atoms with Crippen molar-refractivity contribution in [3.63, 3.8) is 0 Å². The molecular weight excluding hydrogens is 172 g/mol. The van der Waals surface area contributed by atoms with E-state index in [0.717, 1.165) is 6.08 Å². The number of aliphatic hydroxyl groups excluding tert-OH is 1. The number of esters is 1. The first-order valence-corrected chi connectivity index (χ1v) is 4.11. The largest absolute Gasteiger partial charge is 0.481 e. The summed E-state index contributed by atoms with van der Waals surface area (Å²) in [5.74, 6) is -1.03. The fraction of sp³-hybridized carbons (Fsp3) is 0.667. The third-order valence-electron chi connectivity index (χ3n) is 0.940. The molecule has 0 bridgehead atoms. The minimum Gasteiger partial charge on any atom is -0.481 e. The summed E-state index contributed by atoms with van der Waals surface area (Å²) in [6.45, 7) is 7.26. The van der Waals surface area contributed by atoms with E-state index in [4.69, 9.17) is 9.84 Å². The lowest BCUT2D eigenvalue weighted by atomic mass is 10.2. The highest BCUT2D eigenvalue weighted by molar-refractivity contribution is 5.82. The predicted octanol–water partition coefficient (Wildman–Crippen LogP) is 1.76. The second-order valence-electron chi connectivity index (χ2n) is 3.45. The molecule has 0 saturated carbocycles. The number of carbonyl (C=O) groups excluding carboxylic acids is 1. The third-order valence-corrected chi connectivity index (χ3v) is 0.940. The number of hydrogen-bond acceptors (Lipinski definition) is 4. The average molecular weight is 188 g/mol. The molecule has 0 aromatic rings. The van der Waals surface area contributed by atoms with Crippen LogP contribution < -0.4 is 0 Å². The van der Waals surface area contributed by atoms with Crippen LogP contribution in [0.15, 0.2) is 12.0 Å². The fourth-order valence-corrected chi connectivity index (χ4v) is 0.622. The van der Waals surface area contributed by atoms with Gasteiger partial charge in [-0.15, -0.1) is 0 Å². The molecule has 0 unspecified atom stereocenters. The van der Waals surface area contributed by atoms with Crippen molar-refractivity contribution in [2.24, 2.45) is 0 Å². The Balaban J connectivity index is 4.07. The van der Waals surface area contributed by atoms with E-state index >= 15 is 0 Å². The van der Waals surface area contributed by atoms with Crippen LogP contribution in [0.3, 0.4) is 0 Å². The van der Waals surface area contributed by atoms with Gasteiger partial charge in [0.25, 0.3) is 5.95 Å². The summed E-state index contributed by atoms with van der Waals surface area (Å²) < 4.78 is 9.54. The number of hydrogen-bond donors (Lipinski definition) is 1. The molecular formula is C9H16O4. The zero-order chi connectivity index (χ0) is 10.5. The summed E-state index contributed by atoms with van der Waals surface area (Å²) in [5, 5.41) is 8.95. The molecule has 0 aliphatic rings. The van der Waals surface area contributed by atoms with Crippen LogP contribution in [0.2, 0.25) is 0 Å². The van der Waals surface area contributed by atoms with Gasteiger partial charge < -0.3 is 14.6 Å². The van der Waals surface area contributed by atoms with Crippen molar-refractivity contribution in [3.05, 3.63) is 12.0 Å². The van der Waals surface area contributed by atoms with Crippen molar-refractivity contribution in [1.82, 2.24) is 0 Å². The van der Waals surface area contributed by atoms with Gasteiger partial charge in [-0.25, -0.2) is 4.79 Å². The van der Waals surface area contributed by atoms with Gasteiger partial charge in [-0.3, -0.25) is 0 Å². The van der Waals surface area contributed by atoms with Crippen LogP contribution in [0.1, 0.15) is 27.7 Å². The molecule has 4 nitrogen and oxygen atoms in total. The predicted molar refractivity (Wildman–Crippen MR) is 48.2 cm³/mol. The number of carbonyl (C=O) groups is 1. The normalized spacial score (nSPS) is 12.5. The van der Waals surface area contributed by atoms with Crippen LogP contribution in [-0.4, -0.2) is 23.3 Å². The zero-order valence-corrected chi connectivity index (χ0v) is 8.46. The van der Waals surface area contributed by atoms with Crippen LogP contribution in [0, 0.1) is 0 Å². The van der Waals surface area contributed by atoms with E-state index < -0.39 is 17.5 Å². The Kier molecular flexibility index (Phi) is 4.31. The lowest BCUT2D eigenvalue weighted by molar-refractivity contribution is -0.149. The van der Waals surface area contributed by atoms with E-state index in [-0.39, 0.29) is 0 Å². The lowest BCUT2D eigenvalue weighted by Crippen LogP contribution is -2.22. The SMILES string of the molecule is CCOC(O)=CC(=O)OC(C)(C)C. The Hall–Kier alpha value is -1.19. The first kappa shape index (κ1) is 11.8. The Labute approximate surface area is 78.2 Å². The second-order valence-corrected chi connectivity index (χ2v) is 3.45. The molecule has 13 heavy (non-hydrogen) atoms. The lowest BCUT2D eigenvalue weighted by Gasteiger charge is -2.17. The highest BCUT2D eigenvalue weighted by Crippen LogP contribution is 2.07. The number of aliphatic hydroxyl groups is 1. The molecule has 0 fully saturated rings. The van der Waals surface area contributed by atoms with E-state index in [1.165, 1.54) is 0 Å². The molecule has 76 valence electrons. The van der Waals surface area contributed by atoms with Crippen LogP contribution in [-0.2, 0) is 14.3 Å². The smallest absolute Gasteiger partial charge is 0.338 e. The van der Waals surface area contributed by atoms with Gasteiger partial charge in [-0.05, 0) is 27.7 Å². The van der Waals surface area contributed by atoms with E-state index in [9.17, 15) is 4.79 Å². The first-order chi connectivity index (χ1) is 5.85. The van der Waals surface area contributed by atoms with Crippen LogP contribution in [0.4, 0.5) is 0 Å². The average Bonchev–Trinajstić information content (AvgIpc) is 1.81. The topological polar surface area (TPSA) is 55.8 Å². The van der Waals surface area contributed by atoms with E-state index in [1.54, 1.807) is 27.7 Å². The summed E-state index contributed by atoms with van der Waals surface area (Å²) >= 11 is 0. The Bertz CT molecular complexity index is 200.